The number of ketones is 1. The van der Waals surface area contributed by atoms with E-state index in [0.29, 0.717) is 12.8 Å². The molecule has 0 spiro atoms. The number of carbonyl (C=O) groups excluding carboxylic acids is 1. The van der Waals surface area contributed by atoms with Gasteiger partial charge in [0.25, 0.3) is 0 Å². The molecule has 1 unspecified atom stereocenters. The molecule has 114 valence electrons. The van der Waals surface area contributed by atoms with Crippen LogP contribution in [-0.2, 0) is 9.59 Å². The second kappa shape index (κ2) is 7.55. The fraction of sp³-hybridized carbons (Fsp3) is 0.263. The Morgan fingerprint density at radius 1 is 0.864 bits per heavy atom. The van der Waals surface area contributed by atoms with Crippen LogP contribution in [0.2, 0.25) is 0 Å². The number of hydrogen-bond acceptors (Lipinski definition) is 2. The lowest BCUT2D eigenvalue weighted by Gasteiger charge is -2.19. The first-order valence-corrected chi connectivity index (χ1v) is 7.42. The van der Waals surface area contributed by atoms with Crippen LogP contribution < -0.4 is 0 Å². The number of Topliss-reactive ketones (excluding diaryl/α,β-unsaturated/α-hetero) is 1. The van der Waals surface area contributed by atoms with Crippen LogP contribution in [0.25, 0.3) is 0 Å². The Hall–Kier alpha value is -2.42. The Bertz CT molecular complexity index is 566. The summed E-state index contributed by atoms with van der Waals surface area (Å²) in [4.78, 5) is 22.7. The van der Waals surface area contributed by atoms with Crippen molar-refractivity contribution >= 4 is 11.8 Å². The molecule has 3 heteroatoms. The second-order valence-corrected chi connectivity index (χ2v) is 5.45. The number of aliphatic carboxylic acids is 1. The van der Waals surface area contributed by atoms with Gasteiger partial charge in [0.1, 0.15) is 11.7 Å². The Balaban J connectivity index is 2.23. The number of hydrogen-bond donors (Lipinski definition) is 1. The molecule has 0 aliphatic heterocycles. The summed E-state index contributed by atoms with van der Waals surface area (Å²) in [6.07, 6.45) is 0.976. The minimum Gasteiger partial charge on any atom is -0.481 e. The molecule has 0 aliphatic rings. The van der Waals surface area contributed by atoms with Gasteiger partial charge in [-0.1, -0.05) is 60.7 Å². The molecular weight excluding hydrogens is 276 g/mol. The van der Waals surface area contributed by atoms with Gasteiger partial charge in [0.05, 0.1) is 0 Å². The van der Waals surface area contributed by atoms with Gasteiger partial charge in [-0.05, 0) is 30.9 Å². The van der Waals surface area contributed by atoms with E-state index in [9.17, 15) is 14.7 Å². The molecule has 1 atom stereocenters. The van der Waals surface area contributed by atoms with Gasteiger partial charge in [-0.15, -0.1) is 0 Å². The van der Waals surface area contributed by atoms with Crippen molar-refractivity contribution in [1.29, 1.82) is 0 Å². The summed E-state index contributed by atoms with van der Waals surface area (Å²) in [5.74, 6) is -2.14. The van der Waals surface area contributed by atoms with Gasteiger partial charge in [0, 0.05) is 5.92 Å². The Kier molecular flexibility index (Phi) is 5.48. The normalized spacial score (nSPS) is 12.1. The van der Waals surface area contributed by atoms with Crippen molar-refractivity contribution in [2.75, 3.05) is 0 Å². The molecule has 0 bridgehead atoms. The van der Waals surface area contributed by atoms with Crippen LogP contribution in [-0.4, -0.2) is 16.9 Å². The number of benzene rings is 2. The van der Waals surface area contributed by atoms with E-state index in [1.165, 1.54) is 6.92 Å². The maximum atomic E-state index is 11.5. The lowest BCUT2D eigenvalue weighted by Crippen LogP contribution is -2.22. The van der Waals surface area contributed by atoms with Crippen molar-refractivity contribution < 1.29 is 14.7 Å². The Morgan fingerprint density at radius 2 is 1.32 bits per heavy atom. The van der Waals surface area contributed by atoms with Crippen molar-refractivity contribution in [3.8, 4) is 0 Å². The van der Waals surface area contributed by atoms with E-state index in [1.54, 1.807) is 0 Å². The van der Waals surface area contributed by atoms with Gasteiger partial charge in [-0.3, -0.25) is 9.59 Å². The van der Waals surface area contributed by atoms with Gasteiger partial charge in [-0.2, -0.15) is 0 Å². The zero-order valence-electron chi connectivity index (χ0n) is 12.6. The molecule has 3 nitrogen and oxygen atoms in total. The zero-order valence-corrected chi connectivity index (χ0v) is 12.6. The van der Waals surface area contributed by atoms with Crippen LogP contribution in [0.4, 0.5) is 0 Å². The fourth-order valence-corrected chi connectivity index (χ4v) is 2.73. The van der Waals surface area contributed by atoms with Crippen LogP contribution in [0.5, 0.6) is 0 Å². The molecule has 22 heavy (non-hydrogen) atoms. The first-order valence-electron chi connectivity index (χ1n) is 7.42. The lowest BCUT2D eigenvalue weighted by molar-refractivity contribution is -0.146. The first kappa shape index (κ1) is 16.0. The number of rotatable bonds is 7. The summed E-state index contributed by atoms with van der Waals surface area (Å²) in [5.41, 5.74) is 2.28. The SMILES string of the molecule is CC(=O)C(CCC(c1ccccc1)c1ccccc1)C(=O)O. The minimum atomic E-state index is -1.03. The van der Waals surface area contributed by atoms with Crippen molar-refractivity contribution in [3.05, 3.63) is 71.8 Å². The van der Waals surface area contributed by atoms with Crippen LogP contribution in [0.1, 0.15) is 36.8 Å². The average Bonchev–Trinajstić information content (AvgIpc) is 2.52. The maximum Gasteiger partial charge on any atom is 0.314 e. The molecule has 0 saturated heterocycles. The molecule has 0 radical (unpaired) electrons. The summed E-state index contributed by atoms with van der Waals surface area (Å²) in [5, 5.41) is 9.18. The number of carbonyl (C=O) groups is 2. The van der Waals surface area contributed by atoms with Gasteiger partial charge < -0.3 is 5.11 Å². The first-order chi connectivity index (χ1) is 10.6. The Morgan fingerprint density at radius 3 is 1.68 bits per heavy atom. The van der Waals surface area contributed by atoms with E-state index in [-0.39, 0.29) is 11.7 Å². The molecule has 0 fully saturated rings. The molecule has 2 aromatic rings. The highest BCUT2D eigenvalue weighted by atomic mass is 16.4. The van der Waals surface area contributed by atoms with Crippen LogP contribution in [0.3, 0.4) is 0 Å². The molecule has 0 saturated carbocycles. The number of carboxylic acids is 1. The predicted octanol–water partition coefficient (Wildman–Crippen LogP) is 3.89. The van der Waals surface area contributed by atoms with Gasteiger partial charge in [-0.25, -0.2) is 0 Å². The summed E-state index contributed by atoms with van der Waals surface area (Å²) in [6, 6.07) is 20.0. The highest BCUT2D eigenvalue weighted by molar-refractivity contribution is 5.96. The van der Waals surface area contributed by atoms with Crippen LogP contribution in [0.15, 0.2) is 60.7 Å². The van der Waals surface area contributed by atoms with Gasteiger partial charge in [0.2, 0.25) is 0 Å². The molecular formula is C19H20O3. The zero-order chi connectivity index (χ0) is 15.9. The van der Waals surface area contributed by atoms with E-state index in [1.807, 2.05) is 60.7 Å². The second-order valence-electron chi connectivity index (χ2n) is 5.45. The molecule has 1 N–H and O–H groups in total. The smallest absolute Gasteiger partial charge is 0.314 e. The van der Waals surface area contributed by atoms with E-state index >= 15 is 0 Å². The van der Waals surface area contributed by atoms with Crippen LogP contribution >= 0.6 is 0 Å². The molecule has 0 heterocycles. The molecule has 2 aromatic carbocycles. The quantitative estimate of drug-likeness (QED) is 0.789. The van der Waals surface area contributed by atoms with Crippen molar-refractivity contribution in [2.24, 2.45) is 5.92 Å². The molecule has 2 rings (SSSR count). The van der Waals surface area contributed by atoms with Crippen molar-refractivity contribution in [2.45, 2.75) is 25.7 Å². The molecule has 0 amide bonds. The van der Waals surface area contributed by atoms with Crippen molar-refractivity contribution in [1.82, 2.24) is 0 Å². The third kappa shape index (κ3) is 4.04. The van der Waals surface area contributed by atoms with Crippen LogP contribution in [0, 0.1) is 5.92 Å². The maximum absolute atomic E-state index is 11.5. The predicted molar refractivity (Wildman–Crippen MR) is 85.8 cm³/mol. The van der Waals surface area contributed by atoms with Gasteiger partial charge >= 0.3 is 5.97 Å². The summed E-state index contributed by atoms with van der Waals surface area (Å²) in [7, 11) is 0. The third-order valence-electron chi connectivity index (χ3n) is 3.94. The van der Waals surface area contributed by atoms with E-state index < -0.39 is 11.9 Å². The van der Waals surface area contributed by atoms with Gasteiger partial charge in [0.15, 0.2) is 0 Å². The average molecular weight is 296 g/mol. The monoisotopic (exact) mass is 296 g/mol. The Labute approximate surface area is 130 Å². The largest absolute Gasteiger partial charge is 0.481 e. The minimum absolute atomic E-state index is 0.101. The topological polar surface area (TPSA) is 54.4 Å². The highest BCUT2D eigenvalue weighted by Gasteiger charge is 2.24. The fourth-order valence-electron chi connectivity index (χ4n) is 2.73. The molecule has 0 aromatic heterocycles. The summed E-state index contributed by atoms with van der Waals surface area (Å²) < 4.78 is 0. The summed E-state index contributed by atoms with van der Waals surface area (Å²) >= 11 is 0. The summed E-state index contributed by atoms with van der Waals surface area (Å²) in [6.45, 7) is 1.35. The van der Waals surface area contributed by atoms with E-state index in [2.05, 4.69) is 0 Å². The number of carboxylic acid groups (broad SMARTS) is 1. The van der Waals surface area contributed by atoms with Crippen molar-refractivity contribution in [3.63, 3.8) is 0 Å². The van der Waals surface area contributed by atoms with E-state index in [4.69, 9.17) is 0 Å². The lowest BCUT2D eigenvalue weighted by atomic mass is 9.84. The standard InChI is InChI=1S/C19H20O3/c1-14(20)17(19(21)22)12-13-18(15-8-4-2-5-9-15)16-10-6-3-7-11-16/h2-11,17-18H,12-13H2,1H3,(H,21,22). The van der Waals surface area contributed by atoms with E-state index in [0.717, 1.165) is 11.1 Å². The third-order valence-corrected chi connectivity index (χ3v) is 3.94. The highest BCUT2D eigenvalue weighted by Crippen LogP contribution is 2.30. The molecule has 0 aliphatic carbocycles.